The lowest BCUT2D eigenvalue weighted by molar-refractivity contribution is 0.411. The number of methoxy groups -OCH3 is 1. The van der Waals surface area contributed by atoms with E-state index in [0.717, 1.165) is 18.8 Å². The number of hydrogen-bond donors (Lipinski definition) is 1. The Morgan fingerprint density at radius 3 is 2.65 bits per heavy atom. The molecule has 0 bridgehead atoms. The van der Waals surface area contributed by atoms with Gasteiger partial charge in [-0.15, -0.1) is 0 Å². The summed E-state index contributed by atoms with van der Waals surface area (Å²) < 4.78 is 5.36. The number of rotatable bonds is 3. The quantitative estimate of drug-likeness (QED) is 0.867. The second kappa shape index (κ2) is 4.96. The third kappa shape index (κ3) is 2.25. The monoisotopic (exact) mass is 234 g/mol. The summed E-state index contributed by atoms with van der Waals surface area (Å²) in [5.74, 6) is 0.976. The lowest BCUT2D eigenvalue weighted by atomic mass is 10.0. The summed E-state index contributed by atoms with van der Waals surface area (Å²) in [7, 11) is 3.91. The lowest BCUT2D eigenvalue weighted by Crippen LogP contribution is -2.33. The van der Waals surface area contributed by atoms with Crippen LogP contribution in [0, 0.1) is 13.8 Å². The Morgan fingerprint density at radius 1 is 1.29 bits per heavy atom. The molecule has 1 aromatic carbocycles. The minimum absolute atomic E-state index is 0.612. The number of hydrogen-bond acceptors (Lipinski definition) is 3. The van der Waals surface area contributed by atoms with Gasteiger partial charge < -0.3 is 15.0 Å². The molecule has 1 saturated heterocycles. The summed E-state index contributed by atoms with van der Waals surface area (Å²) in [6.45, 7) is 6.51. The average Bonchev–Trinajstić information content (AvgIpc) is 2.85. The van der Waals surface area contributed by atoms with Crippen molar-refractivity contribution in [1.29, 1.82) is 0 Å². The molecule has 1 atom stereocenters. The number of anilines is 1. The van der Waals surface area contributed by atoms with Crippen LogP contribution in [0.2, 0.25) is 0 Å². The van der Waals surface area contributed by atoms with Gasteiger partial charge in [0.15, 0.2) is 0 Å². The highest BCUT2D eigenvalue weighted by Gasteiger charge is 2.21. The van der Waals surface area contributed by atoms with Gasteiger partial charge in [-0.25, -0.2) is 0 Å². The van der Waals surface area contributed by atoms with Crippen LogP contribution in [0.5, 0.6) is 5.75 Å². The molecule has 1 aliphatic heterocycles. The van der Waals surface area contributed by atoms with E-state index in [0.29, 0.717) is 6.04 Å². The van der Waals surface area contributed by atoms with Crippen LogP contribution in [0.15, 0.2) is 12.1 Å². The van der Waals surface area contributed by atoms with Crippen molar-refractivity contribution in [3.8, 4) is 5.75 Å². The standard InChI is InChI=1S/C14H22N2O/c1-10-11(2)14(17-4)6-5-13(10)16(3)12-7-8-15-9-12/h5-6,12,15H,7-9H2,1-4H3. The van der Waals surface area contributed by atoms with E-state index in [4.69, 9.17) is 4.74 Å². The van der Waals surface area contributed by atoms with Crippen LogP contribution in [-0.4, -0.2) is 33.3 Å². The van der Waals surface area contributed by atoms with Crippen molar-refractivity contribution in [2.75, 3.05) is 32.1 Å². The Balaban J connectivity index is 2.29. The summed E-state index contributed by atoms with van der Waals surface area (Å²) in [6, 6.07) is 4.84. The predicted octanol–water partition coefficient (Wildman–Crippen LogP) is 2.11. The third-order valence-electron chi connectivity index (χ3n) is 3.89. The topological polar surface area (TPSA) is 24.5 Å². The Bertz CT molecular complexity index is 397. The first-order chi connectivity index (χ1) is 8.15. The van der Waals surface area contributed by atoms with E-state index in [1.54, 1.807) is 7.11 Å². The molecule has 17 heavy (non-hydrogen) atoms. The normalized spacial score (nSPS) is 19.4. The molecule has 1 fully saturated rings. The minimum atomic E-state index is 0.612. The highest BCUT2D eigenvalue weighted by atomic mass is 16.5. The van der Waals surface area contributed by atoms with Gasteiger partial charge >= 0.3 is 0 Å². The molecule has 1 heterocycles. The van der Waals surface area contributed by atoms with Gasteiger partial charge in [0.25, 0.3) is 0 Å². The van der Waals surface area contributed by atoms with Gasteiger partial charge in [-0.2, -0.15) is 0 Å². The van der Waals surface area contributed by atoms with Gasteiger partial charge in [0, 0.05) is 25.3 Å². The first-order valence-electron chi connectivity index (χ1n) is 6.23. The first-order valence-corrected chi connectivity index (χ1v) is 6.23. The van der Waals surface area contributed by atoms with Crippen molar-refractivity contribution in [1.82, 2.24) is 5.32 Å². The highest BCUT2D eigenvalue weighted by Crippen LogP contribution is 2.30. The summed E-state index contributed by atoms with van der Waals surface area (Å²) in [6.07, 6.45) is 1.22. The van der Waals surface area contributed by atoms with Gasteiger partial charge in [0.05, 0.1) is 7.11 Å². The summed E-state index contributed by atoms with van der Waals surface area (Å²) in [5, 5.41) is 3.41. The fourth-order valence-electron chi connectivity index (χ4n) is 2.55. The van der Waals surface area contributed by atoms with Crippen LogP contribution in [0.4, 0.5) is 5.69 Å². The van der Waals surface area contributed by atoms with Crippen LogP contribution >= 0.6 is 0 Å². The van der Waals surface area contributed by atoms with Crippen LogP contribution < -0.4 is 15.0 Å². The molecule has 1 unspecified atom stereocenters. The molecule has 1 aliphatic rings. The lowest BCUT2D eigenvalue weighted by Gasteiger charge is -2.28. The zero-order chi connectivity index (χ0) is 12.4. The molecule has 0 aromatic heterocycles. The third-order valence-corrected chi connectivity index (χ3v) is 3.89. The molecule has 2 rings (SSSR count). The fraction of sp³-hybridized carbons (Fsp3) is 0.571. The Labute approximate surface area is 104 Å². The number of ether oxygens (including phenoxy) is 1. The zero-order valence-corrected chi connectivity index (χ0v) is 11.2. The molecule has 1 N–H and O–H groups in total. The smallest absolute Gasteiger partial charge is 0.122 e. The molecule has 3 nitrogen and oxygen atoms in total. The van der Waals surface area contributed by atoms with Crippen LogP contribution in [-0.2, 0) is 0 Å². The second-order valence-corrected chi connectivity index (χ2v) is 4.79. The van der Waals surface area contributed by atoms with E-state index in [9.17, 15) is 0 Å². The Kier molecular flexibility index (Phi) is 3.57. The predicted molar refractivity (Wildman–Crippen MR) is 72.1 cm³/mol. The van der Waals surface area contributed by atoms with Gasteiger partial charge in [-0.05, 0) is 50.1 Å². The van der Waals surface area contributed by atoms with Crippen molar-refractivity contribution in [3.63, 3.8) is 0 Å². The molecule has 0 saturated carbocycles. The van der Waals surface area contributed by atoms with E-state index in [2.05, 4.69) is 43.2 Å². The number of nitrogens with zero attached hydrogens (tertiary/aromatic N) is 1. The van der Waals surface area contributed by atoms with Crippen LogP contribution in [0.25, 0.3) is 0 Å². The summed E-state index contributed by atoms with van der Waals surface area (Å²) in [5.41, 5.74) is 3.87. The Morgan fingerprint density at radius 2 is 2.06 bits per heavy atom. The molecule has 3 heteroatoms. The van der Waals surface area contributed by atoms with E-state index < -0.39 is 0 Å². The second-order valence-electron chi connectivity index (χ2n) is 4.79. The van der Waals surface area contributed by atoms with Gasteiger partial charge in [-0.3, -0.25) is 0 Å². The van der Waals surface area contributed by atoms with E-state index in [1.165, 1.54) is 23.2 Å². The summed E-state index contributed by atoms with van der Waals surface area (Å²) in [4.78, 5) is 2.39. The van der Waals surface area contributed by atoms with E-state index >= 15 is 0 Å². The maximum absolute atomic E-state index is 5.36. The van der Waals surface area contributed by atoms with Gasteiger partial charge in [0.1, 0.15) is 5.75 Å². The number of benzene rings is 1. The molecular formula is C14H22N2O. The molecule has 0 radical (unpaired) electrons. The van der Waals surface area contributed by atoms with E-state index in [1.807, 2.05) is 0 Å². The molecule has 0 amide bonds. The van der Waals surface area contributed by atoms with Crippen molar-refractivity contribution >= 4 is 5.69 Å². The molecule has 94 valence electrons. The van der Waals surface area contributed by atoms with Crippen molar-refractivity contribution in [3.05, 3.63) is 23.3 Å². The molecule has 0 aliphatic carbocycles. The van der Waals surface area contributed by atoms with Crippen molar-refractivity contribution in [2.45, 2.75) is 26.3 Å². The summed E-state index contributed by atoms with van der Waals surface area (Å²) >= 11 is 0. The SMILES string of the molecule is COc1ccc(N(C)C2CCNC2)c(C)c1C. The minimum Gasteiger partial charge on any atom is -0.496 e. The molecular weight excluding hydrogens is 212 g/mol. The maximum Gasteiger partial charge on any atom is 0.122 e. The zero-order valence-electron chi connectivity index (χ0n) is 11.2. The van der Waals surface area contributed by atoms with E-state index in [-0.39, 0.29) is 0 Å². The first kappa shape index (κ1) is 12.2. The molecule has 0 spiro atoms. The fourth-order valence-corrected chi connectivity index (χ4v) is 2.55. The average molecular weight is 234 g/mol. The molecule has 1 aromatic rings. The van der Waals surface area contributed by atoms with Crippen molar-refractivity contribution in [2.24, 2.45) is 0 Å². The number of likely N-dealkylation sites (N-methyl/N-ethyl adjacent to an activating group) is 1. The van der Waals surface area contributed by atoms with Crippen LogP contribution in [0.3, 0.4) is 0 Å². The van der Waals surface area contributed by atoms with Gasteiger partial charge in [0.2, 0.25) is 0 Å². The maximum atomic E-state index is 5.36. The van der Waals surface area contributed by atoms with Gasteiger partial charge in [-0.1, -0.05) is 0 Å². The largest absolute Gasteiger partial charge is 0.496 e. The van der Waals surface area contributed by atoms with Crippen LogP contribution in [0.1, 0.15) is 17.5 Å². The number of nitrogens with one attached hydrogen (secondary N) is 1. The van der Waals surface area contributed by atoms with Crippen molar-refractivity contribution < 1.29 is 4.74 Å². The Hall–Kier alpha value is -1.22. The highest BCUT2D eigenvalue weighted by molar-refractivity contribution is 5.60.